The van der Waals surface area contributed by atoms with Gasteiger partial charge >= 0.3 is 0 Å². The predicted molar refractivity (Wildman–Crippen MR) is 144 cm³/mol. The number of fused-ring (bicyclic) bond motifs is 1. The van der Waals surface area contributed by atoms with Gasteiger partial charge in [0.2, 0.25) is 10.0 Å². The fourth-order valence-corrected chi connectivity index (χ4v) is 7.52. The number of aryl methyl sites for hydroxylation is 2. The molecule has 7 heteroatoms. The minimum atomic E-state index is -3.54. The van der Waals surface area contributed by atoms with Gasteiger partial charge in [-0.1, -0.05) is 41.9 Å². The van der Waals surface area contributed by atoms with Crippen molar-refractivity contribution in [3.8, 4) is 0 Å². The normalized spacial score (nSPS) is 15.6. The summed E-state index contributed by atoms with van der Waals surface area (Å²) in [6.45, 7) is 7.20. The molecular formula is C29H30ClFN2O2S. The van der Waals surface area contributed by atoms with E-state index in [1.54, 1.807) is 28.6 Å². The molecule has 4 aromatic rings. The second-order valence-corrected chi connectivity index (χ2v) is 12.1. The van der Waals surface area contributed by atoms with E-state index in [0.717, 1.165) is 40.6 Å². The van der Waals surface area contributed by atoms with Crippen LogP contribution in [0.5, 0.6) is 0 Å². The first-order valence-corrected chi connectivity index (χ1v) is 14.1. The standard InChI is InChI=1S/C29H30ClFN2O2S/c1-19-15-20(2)17-23(16-19)36(34,35)32-13-11-22(12-14-32)29-21(3)33(28-10-5-4-7-24(28)29)18-25-26(30)8-6-9-27(25)31/h4-10,15-17,22H,11-14,18H2,1-3H3. The highest BCUT2D eigenvalue weighted by atomic mass is 35.5. The molecule has 1 aromatic heterocycles. The number of hydrogen-bond donors (Lipinski definition) is 0. The molecule has 4 nitrogen and oxygen atoms in total. The maximum absolute atomic E-state index is 14.6. The van der Waals surface area contributed by atoms with Crippen LogP contribution in [0.2, 0.25) is 5.02 Å². The zero-order valence-corrected chi connectivity index (χ0v) is 22.3. The summed E-state index contributed by atoms with van der Waals surface area (Å²) >= 11 is 6.35. The van der Waals surface area contributed by atoms with E-state index in [4.69, 9.17) is 11.6 Å². The minimum absolute atomic E-state index is 0.220. The van der Waals surface area contributed by atoms with Gasteiger partial charge < -0.3 is 4.57 Å². The van der Waals surface area contributed by atoms with Gasteiger partial charge in [-0.15, -0.1) is 0 Å². The lowest BCUT2D eigenvalue weighted by Gasteiger charge is -2.32. The molecule has 1 aliphatic rings. The van der Waals surface area contributed by atoms with Crippen LogP contribution in [-0.4, -0.2) is 30.4 Å². The van der Waals surface area contributed by atoms with Crippen LogP contribution in [0.25, 0.3) is 10.9 Å². The van der Waals surface area contributed by atoms with Crippen molar-refractivity contribution in [3.63, 3.8) is 0 Å². The van der Waals surface area contributed by atoms with Gasteiger partial charge in [0.25, 0.3) is 0 Å². The lowest BCUT2D eigenvalue weighted by atomic mass is 9.88. The first-order chi connectivity index (χ1) is 17.2. The topological polar surface area (TPSA) is 42.3 Å². The van der Waals surface area contributed by atoms with Gasteiger partial charge in [-0.2, -0.15) is 4.31 Å². The lowest BCUT2D eigenvalue weighted by molar-refractivity contribution is 0.319. The molecule has 0 spiro atoms. The van der Waals surface area contributed by atoms with Crippen LogP contribution in [0.4, 0.5) is 4.39 Å². The average Bonchev–Trinajstić information content (AvgIpc) is 3.12. The third-order valence-corrected chi connectivity index (χ3v) is 9.58. The lowest BCUT2D eigenvalue weighted by Crippen LogP contribution is -2.38. The number of piperidine rings is 1. The summed E-state index contributed by atoms with van der Waals surface area (Å²) in [6.07, 6.45) is 1.47. The van der Waals surface area contributed by atoms with Crippen LogP contribution in [0, 0.1) is 26.6 Å². The van der Waals surface area contributed by atoms with Crippen molar-refractivity contribution in [2.45, 2.75) is 51.0 Å². The van der Waals surface area contributed by atoms with Crippen molar-refractivity contribution in [3.05, 3.63) is 99.5 Å². The summed E-state index contributed by atoms with van der Waals surface area (Å²) in [5.74, 6) is -0.0935. The van der Waals surface area contributed by atoms with Gasteiger partial charge in [0.15, 0.2) is 0 Å². The third kappa shape index (κ3) is 4.47. The monoisotopic (exact) mass is 524 g/mol. The Hall–Kier alpha value is -2.67. The van der Waals surface area contributed by atoms with Crippen molar-refractivity contribution in [2.24, 2.45) is 0 Å². The van der Waals surface area contributed by atoms with Crippen molar-refractivity contribution in [1.82, 2.24) is 8.87 Å². The number of aromatic nitrogens is 1. The van der Waals surface area contributed by atoms with Crippen molar-refractivity contribution in [1.29, 1.82) is 0 Å². The van der Waals surface area contributed by atoms with E-state index in [9.17, 15) is 12.8 Å². The van der Waals surface area contributed by atoms with Crippen molar-refractivity contribution in [2.75, 3.05) is 13.1 Å². The highest BCUT2D eigenvalue weighted by molar-refractivity contribution is 7.89. The molecule has 3 aromatic carbocycles. The molecule has 0 amide bonds. The van der Waals surface area contributed by atoms with Crippen molar-refractivity contribution >= 4 is 32.5 Å². The second kappa shape index (κ2) is 9.66. The van der Waals surface area contributed by atoms with Gasteiger partial charge in [-0.3, -0.25) is 0 Å². The zero-order valence-electron chi connectivity index (χ0n) is 20.8. The summed E-state index contributed by atoms with van der Waals surface area (Å²) in [4.78, 5) is 0.369. The first kappa shape index (κ1) is 25.0. The minimum Gasteiger partial charge on any atom is -0.340 e. The largest absolute Gasteiger partial charge is 0.340 e. The van der Waals surface area contributed by atoms with Gasteiger partial charge in [-0.05, 0) is 86.6 Å². The fraction of sp³-hybridized carbons (Fsp3) is 0.310. The number of nitrogens with zero attached hydrogens (tertiary/aromatic N) is 2. The maximum atomic E-state index is 14.6. The summed E-state index contributed by atoms with van der Waals surface area (Å²) in [6, 6.07) is 18.4. The van der Waals surface area contributed by atoms with E-state index < -0.39 is 10.0 Å². The van der Waals surface area contributed by atoms with E-state index >= 15 is 0 Å². The average molecular weight is 525 g/mol. The van der Waals surface area contributed by atoms with Gasteiger partial charge in [0.1, 0.15) is 5.82 Å². The fourth-order valence-electron chi connectivity index (χ4n) is 5.63. The molecule has 0 saturated carbocycles. The highest BCUT2D eigenvalue weighted by Crippen LogP contribution is 2.39. The Morgan fingerprint density at radius 3 is 2.28 bits per heavy atom. The zero-order chi connectivity index (χ0) is 25.6. The van der Waals surface area contributed by atoms with Gasteiger partial charge in [0.05, 0.1) is 11.4 Å². The molecule has 0 aliphatic carbocycles. The first-order valence-electron chi connectivity index (χ1n) is 12.3. The van der Waals surface area contributed by atoms with Crippen LogP contribution in [-0.2, 0) is 16.6 Å². The van der Waals surface area contributed by atoms with Crippen LogP contribution in [0.3, 0.4) is 0 Å². The Morgan fingerprint density at radius 1 is 0.944 bits per heavy atom. The van der Waals surface area contributed by atoms with Crippen LogP contribution in [0.15, 0.2) is 65.6 Å². The number of rotatable bonds is 5. The molecule has 0 atom stereocenters. The molecule has 5 rings (SSSR count). The quantitative estimate of drug-likeness (QED) is 0.283. The van der Waals surface area contributed by atoms with Crippen LogP contribution in [0.1, 0.15) is 46.7 Å². The number of para-hydroxylation sites is 1. The Labute approximate surface area is 217 Å². The van der Waals surface area contributed by atoms with E-state index in [-0.39, 0.29) is 11.7 Å². The summed E-state index contributed by atoms with van der Waals surface area (Å²) < 4.78 is 45.1. The van der Waals surface area contributed by atoms with E-state index in [2.05, 4.69) is 23.6 Å². The molecule has 1 saturated heterocycles. The molecule has 188 valence electrons. The highest BCUT2D eigenvalue weighted by Gasteiger charge is 2.32. The number of hydrogen-bond acceptors (Lipinski definition) is 2. The number of sulfonamides is 1. The van der Waals surface area contributed by atoms with Crippen LogP contribution >= 0.6 is 11.6 Å². The van der Waals surface area contributed by atoms with E-state index in [0.29, 0.717) is 35.1 Å². The Bertz CT molecular complexity index is 1510. The Kier molecular flexibility index (Phi) is 6.70. The Morgan fingerprint density at radius 2 is 1.61 bits per heavy atom. The molecule has 2 heterocycles. The predicted octanol–water partition coefficient (Wildman–Crippen LogP) is 6.98. The molecule has 0 unspecified atom stereocenters. The summed E-state index contributed by atoms with van der Waals surface area (Å²) in [5, 5.41) is 1.55. The van der Waals surface area contributed by atoms with E-state index in [1.807, 2.05) is 32.0 Å². The number of halogens is 2. The molecule has 1 fully saturated rings. The summed E-state index contributed by atoms with van der Waals surface area (Å²) in [5.41, 5.74) is 5.70. The molecule has 0 radical (unpaired) electrons. The van der Waals surface area contributed by atoms with Crippen LogP contribution < -0.4 is 0 Å². The van der Waals surface area contributed by atoms with Gasteiger partial charge in [-0.25, -0.2) is 12.8 Å². The Balaban J connectivity index is 1.45. The second-order valence-electron chi connectivity index (χ2n) is 9.80. The smallest absolute Gasteiger partial charge is 0.243 e. The number of benzene rings is 3. The third-order valence-electron chi connectivity index (χ3n) is 7.35. The molecular weight excluding hydrogens is 495 g/mol. The molecule has 0 N–H and O–H groups in total. The SMILES string of the molecule is Cc1cc(C)cc(S(=O)(=O)N2CCC(c3c(C)n(Cc4c(F)cccc4Cl)c4ccccc34)CC2)c1. The molecule has 0 bridgehead atoms. The van der Waals surface area contributed by atoms with Gasteiger partial charge in [0, 0.05) is 40.3 Å². The maximum Gasteiger partial charge on any atom is 0.243 e. The van der Waals surface area contributed by atoms with E-state index in [1.165, 1.54) is 11.6 Å². The molecule has 36 heavy (non-hydrogen) atoms. The summed E-state index contributed by atoms with van der Waals surface area (Å²) in [7, 11) is -3.54. The van der Waals surface area contributed by atoms with Crippen molar-refractivity contribution < 1.29 is 12.8 Å². The molecule has 1 aliphatic heterocycles.